The van der Waals surface area contributed by atoms with Crippen molar-refractivity contribution in [2.45, 2.75) is 32.2 Å². The second-order valence-corrected chi connectivity index (χ2v) is 6.18. The second kappa shape index (κ2) is 7.30. The predicted molar refractivity (Wildman–Crippen MR) is 94.8 cm³/mol. The highest BCUT2D eigenvalue weighted by atomic mass is 16.2. The fraction of sp³-hybridized carbons (Fsp3) is 0.300. The molecule has 2 aromatic carbocycles. The summed E-state index contributed by atoms with van der Waals surface area (Å²) in [4.78, 5) is 26.0. The van der Waals surface area contributed by atoms with Crippen molar-refractivity contribution in [3.05, 3.63) is 65.7 Å². The van der Waals surface area contributed by atoms with E-state index in [0.29, 0.717) is 11.3 Å². The summed E-state index contributed by atoms with van der Waals surface area (Å²) in [6.45, 7) is 2.25. The van der Waals surface area contributed by atoms with E-state index in [-0.39, 0.29) is 17.9 Å². The van der Waals surface area contributed by atoms with Crippen LogP contribution in [0.5, 0.6) is 0 Å². The molecule has 1 aliphatic heterocycles. The number of anilines is 1. The minimum Gasteiger partial charge on any atom is -0.332 e. The van der Waals surface area contributed by atoms with Crippen LogP contribution in [0, 0.1) is 0 Å². The standard InChI is InChI=1S/C20H22N2O2/c1-15(23)21-18-12-10-17(11-13-18)20(24)22-14-6-5-9-19(22)16-7-3-2-4-8-16/h2-4,7-8,10-13,19H,5-6,9,14H2,1H3,(H,21,23). The lowest BCUT2D eigenvalue weighted by molar-refractivity contribution is -0.114. The maximum Gasteiger partial charge on any atom is 0.254 e. The van der Waals surface area contributed by atoms with Crippen molar-refractivity contribution in [2.75, 3.05) is 11.9 Å². The quantitative estimate of drug-likeness (QED) is 0.928. The summed E-state index contributed by atoms with van der Waals surface area (Å²) in [6, 6.07) is 17.5. The van der Waals surface area contributed by atoms with Gasteiger partial charge in [0.15, 0.2) is 0 Å². The van der Waals surface area contributed by atoms with Gasteiger partial charge >= 0.3 is 0 Å². The number of nitrogens with zero attached hydrogens (tertiary/aromatic N) is 1. The lowest BCUT2D eigenvalue weighted by Crippen LogP contribution is -2.38. The van der Waals surface area contributed by atoms with Gasteiger partial charge in [-0.1, -0.05) is 30.3 Å². The molecule has 2 amide bonds. The number of benzene rings is 2. The van der Waals surface area contributed by atoms with E-state index in [1.54, 1.807) is 24.3 Å². The van der Waals surface area contributed by atoms with Crippen LogP contribution in [0.2, 0.25) is 0 Å². The second-order valence-electron chi connectivity index (χ2n) is 6.18. The van der Waals surface area contributed by atoms with Crippen LogP contribution in [0.3, 0.4) is 0 Å². The topological polar surface area (TPSA) is 49.4 Å². The SMILES string of the molecule is CC(=O)Nc1ccc(C(=O)N2CCCCC2c2ccccc2)cc1. The highest BCUT2D eigenvalue weighted by molar-refractivity contribution is 5.95. The molecule has 0 spiro atoms. The van der Waals surface area contributed by atoms with Crippen LogP contribution in [-0.4, -0.2) is 23.3 Å². The van der Waals surface area contributed by atoms with Crippen LogP contribution in [0.25, 0.3) is 0 Å². The highest BCUT2D eigenvalue weighted by Gasteiger charge is 2.28. The number of likely N-dealkylation sites (tertiary alicyclic amines) is 1. The molecule has 3 rings (SSSR count). The molecule has 1 heterocycles. The molecule has 4 nitrogen and oxygen atoms in total. The van der Waals surface area contributed by atoms with E-state index in [1.807, 2.05) is 23.1 Å². The average molecular weight is 322 g/mol. The van der Waals surface area contributed by atoms with Crippen molar-refractivity contribution in [1.82, 2.24) is 4.90 Å². The number of nitrogens with one attached hydrogen (secondary N) is 1. The molecular formula is C20H22N2O2. The summed E-state index contributed by atoms with van der Waals surface area (Å²) < 4.78 is 0. The smallest absolute Gasteiger partial charge is 0.254 e. The first kappa shape index (κ1) is 16.2. The minimum absolute atomic E-state index is 0.0536. The van der Waals surface area contributed by atoms with Gasteiger partial charge in [-0.2, -0.15) is 0 Å². The minimum atomic E-state index is -0.116. The van der Waals surface area contributed by atoms with E-state index >= 15 is 0 Å². The summed E-state index contributed by atoms with van der Waals surface area (Å²) in [6.07, 6.45) is 3.18. The number of carbonyl (C=O) groups excluding carboxylic acids is 2. The van der Waals surface area contributed by atoms with Crippen LogP contribution >= 0.6 is 0 Å². The Kier molecular flexibility index (Phi) is 4.94. The maximum absolute atomic E-state index is 13.0. The van der Waals surface area contributed by atoms with Gasteiger partial charge in [0.05, 0.1) is 6.04 Å². The molecule has 1 aliphatic rings. The first-order valence-corrected chi connectivity index (χ1v) is 8.39. The molecule has 1 unspecified atom stereocenters. The van der Waals surface area contributed by atoms with Gasteiger partial charge in [0.25, 0.3) is 5.91 Å². The van der Waals surface area contributed by atoms with Crippen LogP contribution in [0.4, 0.5) is 5.69 Å². The van der Waals surface area contributed by atoms with Crippen LogP contribution in [0.1, 0.15) is 48.1 Å². The van der Waals surface area contributed by atoms with E-state index < -0.39 is 0 Å². The van der Waals surface area contributed by atoms with Gasteiger partial charge < -0.3 is 10.2 Å². The van der Waals surface area contributed by atoms with Gasteiger partial charge in [0.2, 0.25) is 5.91 Å². The van der Waals surface area contributed by atoms with Gasteiger partial charge in [-0.05, 0) is 49.1 Å². The fourth-order valence-corrected chi connectivity index (χ4v) is 3.26. The maximum atomic E-state index is 13.0. The molecule has 1 saturated heterocycles. The molecule has 0 saturated carbocycles. The number of carbonyl (C=O) groups is 2. The number of hydrogen-bond donors (Lipinski definition) is 1. The van der Waals surface area contributed by atoms with Crippen LogP contribution in [0.15, 0.2) is 54.6 Å². The van der Waals surface area contributed by atoms with Gasteiger partial charge in [0.1, 0.15) is 0 Å². The zero-order valence-electron chi connectivity index (χ0n) is 13.9. The highest BCUT2D eigenvalue weighted by Crippen LogP contribution is 2.32. The van der Waals surface area contributed by atoms with Crippen molar-refractivity contribution in [3.63, 3.8) is 0 Å². The van der Waals surface area contributed by atoms with Gasteiger partial charge in [-0.15, -0.1) is 0 Å². The molecule has 4 heteroatoms. The third-order valence-corrected chi connectivity index (χ3v) is 4.40. The molecule has 0 aliphatic carbocycles. The van der Waals surface area contributed by atoms with E-state index in [1.165, 1.54) is 12.5 Å². The molecule has 1 N–H and O–H groups in total. The number of rotatable bonds is 3. The lowest BCUT2D eigenvalue weighted by atomic mass is 9.94. The Labute approximate surface area is 142 Å². The van der Waals surface area contributed by atoms with Crippen molar-refractivity contribution in [3.8, 4) is 0 Å². The summed E-state index contributed by atoms with van der Waals surface area (Å²) in [7, 11) is 0. The molecule has 24 heavy (non-hydrogen) atoms. The molecule has 124 valence electrons. The molecule has 0 aromatic heterocycles. The number of amides is 2. The normalized spacial score (nSPS) is 17.4. The Morgan fingerprint density at radius 1 is 1.00 bits per heavy atom. The molecule has 2 aromatic rings. The Morgan fingerprint density at radius 2 is 1.71 bits per heavy atom. The van der Waals surface area contributed by atoms with Gasteiger partial charge in [-0.25, -0.2) is 0 Å². The summed E-state index contributed by atoms with van der Waals surface area (Å²) in [5.41, 5.74) is 2.56. The zero-order chi connectivity index (χ0) is 16.9. The van der Waals surface area contributed by atoms with Crippen LogP contribution in [-0.2, 0) is 4.79 Å². The van der Waals surface area contributed by atoms with Crippen molar-refractivity contribution in [1.29, 1.82) is 0 Å². The molecule has 0 radical (unpaired) electrons. The van der Waals surface area contributed by atoms with E-state index in [2.05, 4.69) is 17.4 Å². The molecule has 1 fully saturated rings. The fourth-order valence-electron chi connectivity index (χ4n) is 3.26. The van der Waals surface area contributed by atoms with Crippen molar-refractivity contribution in [2.24, 2.45) is 0 Å². The Balaban J connectivity index is 1.80. The van der Waals surface area contributed by atoms with Crippen molar-refractivity contribution >= 4 is 17.5 Å². The molecule has 1 atom stereocenters. The number of hydrogen-bond acceptors (Lipinski definition) is 2. The lowest BCUT2D eigenvalue weighted by Gasteiger charge is -2.36. The van der Waals surface area contributed by atoms with Gasteiger partial charge in [0, 0.05) is 24.7 Å². The molecule has 0 bridgehead atoms. The van der Waals surface area contributed by atoms with E-state index in [4.69, 9.17) is 0 Å². The predicted octanol–water partition coefficient (Wildman–Crippen LogP) is 4.01. The Morgan fingerprint density at radius 3 is 2.38 bits per heavy atom. The third kappa shape index (κ3) is 3.65. The monoisotopic (exact) mass is 322 g/mol. The zero-order valence-corrected chi connectivity index (χ0v) is 13.9. The number of piperidine rings is 1. The first-order valence-electron chi connectivity index (χ1n) is 8.39. The largest absolute Gasteiger partial charge is 0.332 e. The average Bonchev–Trinajstić information content (AvgIpc) is 2.62. The first-order chi connectivity index (χ1) is 11.6. The summed E-state index contributed by atoms with van der Waals surface area (Å²) in [5.74, 6) is -0.0628. The van der Waals surface area contributed by atoms with E-state index in [0.717, 1.165) is 25.8 Å². The third-order valence-electron chi connectivity index (χ3n) is 4.40. The summed E-state index contributed by atoms with van der Waals surface area (Å²) >= 11 is 0. The molecular weight excluding hydrogens is 300 g/mol. The summed E-state index contributed by atoms with van der Waals surface area (Å²) in [5, 5.41) is 2.72. The Hall–Kier alpha value is -2.62. The van der Waals surface area contributed by atoms with Crippen molar-refractivity contribution < 1.29 is 9.59 Å². The van der Waals surface area contributed by atoms with Gasteiger partial charge in [-0.3, -0.25) is 9.59 Å². The van der Waals surface area contributed by atoms with E-state index in [9.17, 15) is 9.59 Å². The van der Waals surface area contributed by atoms with Crippen LogP contribution < -0.4 is 5.32 Å². The Bertz CT molecular complexity index is 710.